The fourth-order valence-electron chi connectivity index (χ4n) is 1.20. The van der Waals surface area contributed by atoms with Gasteiger partial charge in [0.05, 0.1) is 6.33 Å². The van der Waals surface area contributed by atoms with Crippen LogP contribution in [-0.4, -0.2) is 39.5 Å². The number of aliphatic carboxylic acids is 1. The SMILES string of the molecule is [2H]NCCC(=O)N[C@@H](Cc1cnc[nH]1)C(=O)O. The van der Waals surface area contributed by atoms with Crippen LogP contribution in [0.5, 0.6) is 0 Å². The lowest BCUT2D eigenvalue weighted by Crippen LogP contribution is -2.42. The second kappa shape index (κ2) is 5.86. The van der Waals surface area contributed by atoms with Gasteiger partial charge in [-0.15, -0.1) is 0 Å². The van der Waals surface area contributed by atoms with Crippen molar-refractivity contribution in [3.05, 3.63) is 18.2 Å². The summed E-state index contributed by atoms with van der Waals surface area (Å²) in [6.07, 6.45) is 3.17. The minimum Gasteiger partial charge on any atom is -0.480 e. The second-order valence-corrected chi connectivity index (χ2v) is 3.24. The van der Waals surface area contributed by atoms with Gasteiger partial charge in [-0.2, -0.15) is 0 Å². The highest BCUT2D eigenvalue weighted by atomic mass is 16.4. The second-order valence-electron chi connectivity index (χ2n) is 3.24. The van der Waals surface area contributed by atoms with Crippen LogP contribution in [0.4, 0.5) is 0 Å². The molecule has 16 heavy (non-hydrogen) atoms. The first-order valence-corrected chi connectivity index (χ1v) is 4.77. The van der Waals surface area contributed by atoms with Crippen molar-refractivity contribution in [2.24, 2.45) is 5.73 Å². The van der Waals surface area contributed by atoms with E-state index in [1.165, 1.54) is 12.5 Å². The summed E-state index contributed by atoms with van der Waals surface area (Å²) in [6, 6.07) is -0.992. The first-order valence-electron chi connectivity index (χ1n) is 5.27. The molecule has 0 fully saturated rings. The summed E-state index contributed by atoms with van der Waals surface area (Å²) in [7, 11) is 0. The number of nitrogens with zero attached hydrogens (tertiary/aromatic N) is 1. The summed E-state index contributed by atoms with van der Waals surface area (Å²) in [6.45, 7) is 0.183. The number of imidazole rings is 1. The maximum atomic E-state index is 11.3. The summed E-state index contributed by atoms with van der Waals surface area (Å²) in [5, 5.41) is 11.3. The summed E-state index contributed by atoms with van der Waals surface area (Å²) in [5.74, 6) is -1.51. The molecule has 0 saturated heterocycles. The first kappa shape index (κ1) is 10.6. The molecular weight excluding hydrogens is 212 g/mol. The zero-order chi connectivity index (χ0) is 12.7. The Balaban J connectivity index is 2.49. The number of hydrogen-bond acceptors (Lipinski definition) is 4. The Bertz CT molecular complexity index is 368. The molecule has 1 aromatic heterocycles. The number of aromatic amines is 1. The Kier molecular flexibility index (Phi) is 3.89. The Morgan fingerprint density at radius 3 is 3.12 bits per heavy atom. The number of carboxylic acid groups (broad SMARTS) is 1. The van der Waals surface area contributed by atoms with Gasteiger partial charge in [-0.1, -0.05) is 0 Å². The van der Waals surface area contributed by atoms with Gasteiger partial charge in [0.2, 0.25) is 5.91 Å². The van der Waals surface area contributed by atoms with Gasteiger partial charge in [-0.25, -0.2) is 9.78 Å². The predicted molar refractivity (Wildman–Crippen MR) is 55.5 cm³/mol. The number of carbonyl (C=O) groups excluding carboxylic acids is 1. The molecule has 0 unspecified atom stereocenters. The van der Waals surface area contributed by atoms with Crippen LogP contribution in [0, 0.1) is 0 Å². The normalized spacial score (nSPS) is 12.9. The van der Waals surface area contributed by atoms with Crippen LogP contribution in [0.15, 0.2) is 12.5 Å². The largest absolute Gasteiger partial charge is 0.480 e. The number of nitrogens with one attached hydrogen (secondary N) is 2. The average molecular weight is 227 g/mol. The number of hydrogen-bond donors (Lipinski definition) is 4. The number of rotatable bonds is 7. The van der Waals surface area contributed by atoms with Crippen LogP contribution in [0.3, 0.4) is 0 Å². The third-order valence-electron chi connectivity index (χ3n) is 1.96. The minimum absolute atomic E-state index is 0.0657. The monoisotopic (exact) mass is 227 g/mol. The smallest absolute Gasteiger partial charge is 0.326 e. The van der Waals surface area contributed by atoms with Gasteiger partial charge in [0.1, 0.15) is 7.45 Å². The van der Waals surface area contributed by atoms with Crippen LogP contribution < -0.4 is 11.0 Å². The van der Waals surface area contributed by atoms with E-state index in [1.54, 1.807) is 0 Å². The van der Waals surface area contributed by atoms with Crippen molar-refractivity contribution in [3.8, 4) is 0 Å². The van der Waals surface area contributed by atoms with Crippen molar-refractivity contribution in [1.29, 1.82) is 0 Å². The molecule has 0 aliphatic heterocycles. The highest BCUT2D eigenvalue weighted by molar-refractivity contribution is 5.83. The van der Waals surface area contributed by atoms with Crippen molar-refractivity contribution >= 4 is 11.9 Å². The Morgan fingerprint density at radius 1 is 1.75 bits per heavy atom. The lowest BCUT2D eigenvalue weighted by atomic mass is 10.1. The van der Waals surface area contributed by atoms with Crippen LogP contribution >= 0.6 is 0 Å². The van der Waals surface area contributed by atoms with Gasteiger partial charge in [0.25, 0.3) is 0 Å². The predicted octanol–water partition coefficient (Wildman–Crippen LogP) is -1.13. The molecule has 1 amide bonds. The van der Waals surface area contributed by atoms with E-state index in [2.05, 4.69) is 21.0 Å². The molecule has 1 atom stereocenters. The topological polar surface area (TPSA) is 121 Å². The molecule has 5 N–H and O–H groups in total. The van der Waals surface area contributed by atoms with E-state index in [9.17, 15) is 9.59 Å². The van der Waals surface area contributed by atoms with Crippen molar-refractivity contribution in [1.82, 2.24) is 15.3 Å². The maximum Gasteiger partial charge on any atom is 0.326 e. The highest BCUT2D eigenvalue weighted by Crippen LogP contribution is 1.99. The zero-order valence-corrected chi connectivity index (χ0v) is 8.56. The molecular formula is C9H14N4O3. The van der Waals surface area contributed by atoms with Gasteiger partial charge in [0.15, 0.2) is 0 Å². The molecule has 88 valence electrons. The van der Waals surface area contributed by atoms with Crippen molar-refractivity contribution in [3.63, 3.8) is 0 Å². The van der Waals surface area contributed by atoms with Gasteiger partial charge in [0, 0.05) is 31.3 Å². The van der Waals surface area contributed by atoms with E-state index in [4.69, 9.17) is 6.52 Å². The van der Waals surface area contributed by atoms with E-state index < -0.39 is 17.9 Å². The highest BCUT2D eigenvalue weighted by Gasteiger charge is 2.20. The third kappa shape index (κ3) is 3.70. The number of amides is 1. The Morgan fingerprint density at radius 2 is 2.56 bits per heavy atom. The van der Waals surface area contributed by atoms with Crippen LogP contribution in [0.1, 0.15) is 12.1 Å². The van der Waals surface area contributed by atoms with E-state index in [1.807, 2.05) is 0 Å². The van der Waals surface area contributed by atoms with Crippen LogP contribution in [0.25, 0.3) is 0 Å². The van der Waals surface area contributed by atoms with E-state index in [-0.39, 0.29) is 19.4 Å². The van der Waals surface area contributed by atoms with Crippen LogP contribution in [-0.2, 0) is 16.0 Å². The average Bonchev–Trinajstić information content (AvgIpc) is 2.78. The Labute approximate surface area is 93.5 Å². The first-order chi connectivity index (χ1) is 8.13. The Hall–Kier alpha value is -1.89. The van der Waals surface area contributed by atoms with Gasteiger partial charge in [-0.05, 0) is 0 Å². The number of aromatic nitrogens is 2. The number of carboxylic acids is 1. The lowest BCUT2D eigenvalue weighted by Gasteiger charge is -2.13. The molecule has 0 aromatic carbocycles. The molecule has 0 bridgehead atoms. The lowest BCUT2D eigenvalue weighted by molar-refractivity contribution is -0.141. The minimum atomic E-state index is -1.10. The van der Waals surface area contributed by atoms with Crippen molar-refractivity contribution < 1.29 is 16.1 Å². The summed E-state index contributed by atoms with van der Waals surface area (Å²) in [5.41, 5.74) is 2.71. The fourth-order valence-corrected chi connectivity index (χ4v) is 1.20. The fraction of sp³-hybridized carbons (Fsp3) is 0.444. The van der Waals surface area contributed by atoms with Gasteiger partial charge in [-0.3, -0.25) is 4.79 Å². The number of nitrogens with two attached hydrogens (primary N) is 1. The van der Waals surface area contributed by atoms with Crippen molar-refractivity contribution in [2.45, 2.75) is 18.9 Å². The summed E-state index contributed by atoms with van der Waals surface area (Å²) in [4.78, 5) is 28.8. The van der Waals surface area contributed by atoms with Gasteiger partial charge < -0.3 is 21.1 Å². The molecule has 1 heterocycles. The van der Waals surface area contributed by atoms with E-state index in [0.29, 0.717) is 5.69 Å². The molecule has 0 spiro atoms. The maximum absolute atomic E-state index is 11.3. The third-order valence-corrected chi connectivity index (χ3v) is 1.96. The molecule has 0 aliphatic rings. The van der Waals surface area contributed by atoms with Gasteiger partial charge >= 0.3 is 5.97 Å². The standard InChI is InChI=1S/C9H14N4O3/c10-2-1-8(14)13-7(9(15)16)3-6-4-11-5-12-6/h4-5,7H,1-3,10H2,(H,11,12)(H,13,14)(H,15,16)/t7-/m0/s1/i/hD. The van der Waals surface area contributed by atoms with E-state index >= 15 is 0 Å². The van der Waals surface area contributed by atoms with E-state index in [0.717, 1.165) is 0 Å². The number of carbonyl (C=O) groups is 2. The molecule has 1 aromatic rings. The molecule has 0 saturated carbocycles. The van der Waals surface area contributed by atoms with Crippen LogP contribution in [0.2, 0.25) is 1.41 Å². The molecule has 0 radical (unpaired) electrons. The molecule has 7 nitrogen and oxygen atoms in total. The number of H-pyrrole nitrogens is 1. The molecule has 1 rings (SSSR count). The van der Waals surface area contributed by atoms with Crippen molar-refractivity contribution in [2.75, 3.05) is 6.54 Å². The quantitative estimate of drug-likeness (QED) is 0.469. The zero-order valence-electron chi connectivity index (χ0n) is 9.56. The molecule has 7 heteroatoms. The molecule has 0 aliphatic carbocycles. The summed E-state index contributed by atoms with van der Waals surface area (Å²) >= 11 is 0. The summed E-state index contributed by atoms with van der Waals surface area (Å²) < 4.78 is 6.66.